The lowest BCUT2D eigenvalue weighted by Crippen LogP contribution is -2.27. The van der Waals surface area contributed by atoms with Crippen molar-refractivity contribution in [2.45, 2.75) is 39.7 Å². The minimum absolute atomic E-state index is 0.187. The number of benzene rings is 1. The molecule has 0 aliphatic heterocycles. The second-order valence-electron chi connectivity index (χ2n) is 5.94. The van der Waals surface area contributed by atoms with Gasteiger partial charge in [-0.05, 0) is 49.6 Å². The summed E-state index contributed by atoms with van der Waals surface area (Å²) >= 11 is 5.99. The van der Waals surface area contributed by atoms with E-state index in [9.17, 15) is 4.79 Å². The van der Waals surface area contributed by atoms with Crippen LogP contribution in [0.2, 0.25) is 5.15 Å². The second kappa shape index (κ2) is 10.0. The number of rotatable bonds is 9. The van der Waals surface area contributed by atoms with Crippen LogP contribution in [0.5, 0.6) is 11.5 Å². The van der Waals surface area contributed by atoms with Gasteiger partial charge in [-0.15, -0.1) is 0 Å². The van der Waals surface area contributed by atoms with Gasteiger partial charge in [-0.3, -0.25) is 4.79 Å². The molecule has 0 radical (unpaired) electrons. The monoisotopic (exact) mass is 376 g/mol. The minimum atomic E-state index is -0.266. The standard InChI is InChI=1S/C20H25ClN2O3/c1-4-11-25-17-9-8-15(13-18(17)26-12-5-2)14(3)23-20(24)16-7-6-10-22-19(16)21/h6-10,13-14H,4-5,11-12H2,1-3H3,(H,23,24). The van der Waals surface area contributed by atoms with E-state index in [-0.39, 0.29) is 17.1 Å². The lowest BCUT2D eigenvalue weighted by molar-refractivity contribution is 0.0939. The topological polar surface area (TPSA) is 60.5 Å². The highest BCUT2D eigenvalue weighted by Gasteiger charge is 2.16. The number of aromatic nitrogens is 1. The second-order valence-corrected chi connectivity index (χ2v) is 6.30. The van der Waals surface area contributed by atoms with E-state index in [1.807, 2.05) is 25.1 Å². The molecule has 0 aliphatic carbocycles. The predicted octanol–water partition coefficient (Wildman–Crippen LogP) is 4.80. The Morgan fingerprint density at radius 2 is 1.85 bits per heavy atom. The Labute approximate surface area is 159 Å². The van der Waals surface area contributed by atoms with Crippen molar-refractivity contribution in [3.63, 3.8) is 0 Å². The van der Waals surface area contributed by atoms with Crippen LogP contribution in [0, 0.1) is 0 Å². The lowest BCUT2D eigenvalue weighted by atomic mass is 10.1. The molecule has 1 heterocycles. The number of hydrogen-bond donors (Lipinski definition) is 1. The zero-order chi connectivity index (χ0) is 18.9. The fraction of sp³-hybridized carbons (Fsp3) is 0.400. The summed E-state index contributed by atoms with van der Waals surface area (Å²) in [4.78, 5) is 16.4. The molecule has 0 fully saturated rings. The molecule has 0 bridgehead atoms. The summed E-state index contributed by atoms with van der Waals surface area (Å²) in [7, 11) is 0. The summed E-state index contributed by atoms with van der Waals surface area (Å²) < 4.78 is 11.6. The van der Waals surface area contributed by atoms with Gasteiger partial charge in [0.15, 0.2) is 11.5 Å². The average Bonchev–Trinajstić information content (AvgIpc) is 2.65. The number of amides is 1. The molecule has 140 valence electrons. The van der Waals surface area contributed by atoms with E-state index in [0.717, 1.165) is 24.2 Å². The number of pyridine rings is 1. The largest absolute Gasteiger partial charge is 0.490 e. The highest BCUT2D eigenvalue weighted by molar-refractivity contribution is 6.32. The maximum absolute atomic E-state index is 12.4. The van der Waals surface area contributed by atoms with Crippen LogP contribution in [0.25, 0.3) is 0 Å². The fourth-order valence-corrected chi connectivity index (χ4v) is 2.57. The lowest BCUT2D eigenvalue weighted by Gasteiger charge is -2.18. The molecule has 0 saturated carbocycles. The third kappa shape index (κ3) is 5.36. The molecule has 1 atom stereocenters. The summed E-state index contributed by atoms with van der Waals surface area (Å²) in [5.41, 5.74) is 1.28. The van der Waals surface area contributed by atoms with Gasteiger partial charge in [-0.2, -0.15) is 0 Å². The summed E-state index contributed by atoms with van der Waals surface area (Å²) in [5, 5.41) is 3.13. The molecule has 1 unspecified atom stereocenters. The zero-order valence-electron chi connectivity index (χ0n) is 15.4. The molecule has 0 saturated heterocycles. The molecule has 2 rings (SSSR count). The van der Waals surface area contributed by atoms with Gasteiger partial charge >= 0.3 is 0 Å². The molecule has 0 spiro atoms. The van der Waals surface area contributed by atoms with Crippen LogP contribution in [0.4, 0.5) is 0 Å². The minimum Gasteiger partial charge on any atom is -0.490 e. The Kier molecular flexibility index (Phi) is 7.73. The number of carbonyl (C=O) groups is 1. The van der Waals surface area contributed by atoms with Gasteiger partial charge in [0.2, 0.25) is 0 Å². The number of halogens is 1. The summed E-state index contributed by atoms with van der Waals surface area (Å²) in [6.07, 6.45) is 3.38. The van der Waals surface area contributed by atoms with Gasteiger partial charge in [0.25, 0.3) is 5.91 Å². The van der Waals surface area contributed by atoms with E-state index in [1.165, 1.54) is 0 Å². The molecule has 5 nitrogen and oxygen atoms in total. The van der Waals surface area contributed by atoms with Crippen molar-refractivity contribution >= 4 is 17.5 Å². The Morgan fingerprint density at radius 3 is 2.50 bits per heavy atom. The third-order valence-corrected chi connectivity index (χ3v) is 4.04. The van der Waals surface area contributed by atoms with Crippen molar-refractivity contribution in [3.8, 4) is 11.5 Å². The van der Waals surface area contributed by atoms with Crippen LogP contribution in [-0.4, -0.2) is 24.1 Å². The van der Waals surface area contributed by atoms with Crippen LogP contribution in [0.1, 0.15) is 55.6 Å². The predicted molar refractivity (Wildman–Crippen MR) is 103 cm³/mol. The molecule has 1 aromatic carbocycles. The normalized spacial score (nSPS) is 11.7. The fourth-order valence-electron chi connectivity index (χ4n) is 2.36. The summed E-state index contributed by atoms with van der Waals surface area (Å²) in [6, 6.07) is 8.84. The van der Waals surface area contributed by atoms with Gasteiger partial charge in [0, 0.05) is 6.20 Å². The van der Waals surface area contributed by atoms with E-state index in [1.54, 1.807) is 18.3 Å². The van der Waals surface area contributed by atoms with Crippen LogP contribution in [0.15, 0.2) is 36.5 Å². The smallest absolute Gasteiger partial charge is 0.254 e. The van der Waals surface area contributed by atoms with Crippen molar-refractivity contribution in [2.75, 3.05) is 13.2 Å². The number of hydrogen-bond acceptors (Lipinski definition) is 4. The molecular weight excluding hydrogens is 352 g/mol. The molecule has 26 heavy (non-hydrogen) atoms. The van der Waals surface area contributed by atoms with E-state index in [4.69, 9.17) is 21.1 Å². The highest BCUT2D eigenvalue weighted by atomic mass is 35.5. The van der Waals surface area contributed by atoms with Gasteiger partial charge < -0.3 is 14.8 Å². The van der Waals surface area contributed by atoms with Crippen molar-refractivity contribution in [1.82, 2.24) is 10.3 Å². The van der Waals surface area contributed by atoms with Crippen molar-refractivity contribution in [2.24, 2.45) is 0 Å². The first-order valence-corrected chi connectivity index (χ1v) is 9.25. The molecule has 1 amide bonds. The van der Waals surface area contributed by atoms with E-state index in [2.05, 4.69) is 24.1 Å². The molecular formula is C20H25ClN2O3. The van der Waals surface area contributed by atoms with Crippen LogP contribution in [0.3, 0.4) is 0 Å². The van der Waals surface area contributed by atoms with E-state index >= 15 is 0 Å². The first kappa shape index (κ1) is 20.0. The Bertz CT molecular complexity index is 737. The Hall–Kier alpha value is -2.27. The average molecular weight is 377 g/mol. The number of carbonyl (C=O) groups excluding carboxylic acids is 1. The Morgan fingerprint density at radius 1 is 1.15 bits per heavy atom. The van der Waals surface area contributed by atoms with Gasteiger partial charge in [0.05, 0.1) is 24.8 Å². The van der Waals surface area contributed by atoms with Gasteiger partial charge in [-0.1, -0.05) is 31.5 Å². The van der Waals surface area contributed by atoms with Crippen molar-refractivity contribution in [3.05, 3.63) is 52.8 Å². The van der Waals surface area contributed by atoms with E-state index in [0.29, 0.717) is 24.5 Å². The molecule has 6 heteroatoms. The van der Waals surface area contributed by atoms with Crippen LogP contribution in [-0.2, 0) is 0 Å². The highest BCUT2D eigenvalue weighted by Crippen LogP contribution is 2.31. The van der Waals surface area contributed by atoms with Gasteiger partial charge in [-0.25, -0.2) is 4.98 Å². The number of nitrogens with one attached hydrogen (secondary N) is 1. The summed E-state index contributed by atoms with van der Waals surface area (Å²) in [5.74, 6) is 1.15. The summed E-state index contributed by atoms with van der Waals surface area (Å²) in [6.45, 7) is 7.26. The first-order chi connectivity index (χ1) is 12.6. The van der Waals surface area contributed by atoms with Crippen molar-refractivity contribution in [1.29, 1.82) is 0 Å². The Balaban J connectivity index is 2.15. The molecule has 1 aromatic heterocycles. The van der Waals surface area contributed by atoms with Crippen molar-refractivity contribution < 1.29 is 14.3 Å². The van der Waals surface area contributed by atoms with Gasteiger partial charge in [0.1, 0.15) is 5.15 Å². The number of nitrogens with zero attached hydrogens (tertiary/aromatic N) is 1. The number of ether oxygens (including phenoxy) is 2. The van der Waals surface area contributed by atoms with Crippen LogP contribution >= 0.6 is 11.6 Å². The quantitative estimate of drug-likeness (QED) is 0.638. The molecule has 1 N–H and O–H groups in total. The maximum atomic E-state index is 12.4. The molecule has 0 aliphatic rings. The van der Waals surface area contributed by atoms with E-state index < -0.39 is 0 Å². The SMILES string of the molecule is CCCOc1ccc(C(C)NC(=O)c2cccnc2Cl)cc1OCCC. The maximum Gasteiger partial charge on any atom is 0.254 e. The first-order valence-electron chi connectivity index (χ1n) is 8.87. The zero-order valence-corrected chi connectivity index (χ0v) is 16.2. The molecule has 2 aromatic rings. The third-order valence-electron chi connectivity index (χ3n) is 3.74. The van der Waals surface area contributed by atoms with Crippen LogP contribution < -0.4 is 14.8 Å².